The van der Waals surface area contributed by atoms with E-state index in [2.05, 4.69) is 19.2 Å². The van der Waals surface area contributed by atoms with Crippen LogP contribution in [0.5, 0.6) is 0 Å². The second-order valence-corrected chi connectivity index (χ2v) is 4.90. The molecule has 1 rings (SSSR count). The number of nitrogens with one attached hydrogen (secondary N) is 1. The van der Waals surface area contributed by atoms with Gasteiger partial charge in [-0.15, -0.1) is 0 Å². The van der Waals surface area contributed by atoms with Crippen LogP contribution in [0.3, 0.4) is 0 Å². The molecule has 0 aromatic carbocycles. The van der Waals surface area contributed by atoms with Gasteiger partial charge in [0.05, 0.1) is 12.7 Å². The number of carbonyl (C=O) groups excluding carboxylic acids is 1. The smallest absolute Gasteiger partial charge is 0.330 e. The molecule has 1 fully saturated rings. The number of methoxy groups -OCH3 is 1. The van der Waals surface area contributed by atoms with E-state index in [4.69, 9.17) is 9.47 Å². The first-order valence-corrected chi connectivity index (χ1v) is 6.11. The fourth-order valence-corrected chi connectivity index (χ4v) is 2.19. The molecule has 0 amide bonds. The molecule has 4 nitrogen and oxygen atoms in total. The zero-order chi connectivity index (χ0) is 12.9. The van der Waals surface area contributed by atoms with Crippen molar-refractivity contribution in [3.63, 3.8) is 0 Å². The zero-order valence-electron chi connectivity index (χ0n) is 11.2. The maximum atomic E-state index is 11.0. The first-order valence-electron chi connectivity index (χ1n) is 6.11. The first-order chi connectivity index (χ1) is 8.02. The van der Waals surface area contributed by atoms with Crippen molar-refractivity contribution in [1.29, 1.82) is 0 Å². The average molecular weight is 241 g/mol. The normalized spacial score (nSPS) is 26.8. The number of hydrogen-bond donors (Lipinski definition) is 1. The monoisotopic (exact) mass is 241 g/mol. The highest BCUT2D eigenvalue weighted by atomic mass is 16.5. The Morgan fingerprint density at radius 2 is 2.24 bits per heavy atom. The van der Waals surface area contributed by atoms with E-state index in [1.165, 1.54) is 6.08 Å². The van der Waals surface area contributed by atoms with Crippen LogP contribution < -0.4 is 5.32 Å². The average Bonchev–Trinajstić information content (AvgIpc) is 2.27. The van der Waals surface area contributed by atoms with Crippen LogP contribution in [0.1, 0.15) is 27.2 Å². The van der Waals surface area contributed by atoms with Crippen molar-refractivity contribution in [2.75, 3.05) is 20.3 Å². The quantitative estimate of drug-likeness (QED) is 0.565. The van der Waals surface area contributed by atoms with E-state index in [1.807, 2.05) is 0 Å². The Hall–Kier alpha value is -0.870. The SMILES string of the molecule is CCOC(=O)/C=C/CNC1CC(OC)C1(C)C. The molecule has 0 spiro atoms. The van der Waals surface area contributed by atoms with Crippen molar-refractivity contribution >= 4 is 5.97 Å². The molecule has 4 heteroatoms. The number of hydrogen-bond acceptors (Lipinski definition) is 4. The topological polar surface area (TPSA) is 47.6 Å². The summed E-state index contributed by atoms with van der Waals surface area (Å²) in [4.78, 5) is 11.0. The minimum absolute atomic E-state index is 0.159. The highest BCUT2D eigenvalue weighted by Crippen LogP contribution is 2.42. The van der Waals surface area contributed by atoms with Crippen LogP contribution >= 0.6 is 0 Å². The highest BCUT2D eigenvalue weighted by Gasteiger charge is 2.47. The third-order valence-electron chi connectivity index (χ3n) is 3.48. The van der Waals surface area contributed by atoms with Gasteiger partial charge in [0.25, 0.3) is 0 Å². The Kier molecular flexibility index (Phi) is 5.15. The van der Waals surface area contributed by atoms with E-state index in [1.54, 1.807) is 20.1 Å². The van der Waals surface area contributed by atoms with Gasteiger partial charge < -0.3 is 14.8 Å². The Labute approximate surface area is 103 Å². The molecular weight excluding hydrogens is 218 g/mol. The number of esters is 1. The van der Waals surface area contributed by atoms with E-state index in [9.17, 15) is 4.79 Å². The molecule has 0 heterocycles. The van der Waals surface area contributed by atoms with Crippen LogP contribution in [0.25, 0.3) is 0 Å². The summed E-state index contributed by atoms with van der Waals surface area (Å²) in [6.45, 7) is 7.28. The third-order valence-corrected chi connectivity index (χ3v) is 3.48. The van der Waals surface area contributed by atoms with Crippen LogP contribution in [0.4, 0.5) is 0 Å². The molecule has 1 aliphatic carbocycles. The first kappa shape index (κ1) is 14.2. The Balaban J connectivity index is 2.23. The Morgan fingerprint density at radius 1 is 1.53 bits per heavy atom. The predicted molar refractivity (Wildman–Crippen MR) is 66.8 cm³/mol. The summed E-state index contributed by atoms with van der Waals surface area (Å²) in [5.74, 6) is -0.281. The van der Waals surface area contributed by atoms with Gasteiger partial charge in [0, 0.05) is 31.2 Å². The highest BCUT2D eigenvalue weighted by molar-refractivity contribution is 5.81. The van der Waals surface area contributed by atoms with Crippen LogP contribution in [0.2, 0.25) is 0 Å². The van der Waals surface area contributed by atoms with Crippen molar-refractivity contribution in [2.24, 2.45) is 5.41 Å². The van der Waals surface area contributed by atoms with Crippen LogP contribution in [-0.2, 0) is 14.3 Å². The van der Waals surface area contributed by atoms with Gasteiger partial charge in [-0.25, -0.2) is 4.79 Å². The molecule has 0 aromatic rings. The molecule has 2 atom stereocenters. The summed E-state index contributed by atoms with van der Waals surface area (Å²) in [5, 5.41) is 3.40. The Bertz CT molecular complexity index is 286. The lowest BCUT2D eigenvalue weighted by Gasteiger charge is -2.51. The lowest BCUT2D eigenvalue weighted by molar-refractivity contribution is -0.137. The number of ether oxygens (including phenoxy) is 2. The third kappa shape index (κ3) is 3.54. The van der Waals surface area contributed by atoms with Gasteiger partial charge in [-0.05, 0) is 13.3 Å². The Morgan fingerprint density at radius 3 is 2.76 bits per heavy atom. The largest absolute Gasteiger partial charge is 0.463 e. The van der Waals surface area contributed by atoms with Gasteiger partial charge in [0.1, 0.15) is 0 Å². The molecule has 1 N–H and O–H groups in total. The van der Waals surface area contributed by atoms with E-state index < -0.39 is 0 Å². The van der Waals surface area contributed by atoms with Gasteiger partial charge in [-0.3, -0.25) is 0 Å². The molecule has 0 saturated heterocycles. The molecule has 1 saturated carbocycles. The fraction of sp³-hybridized carbons (Fsp3) is 0.769. The van der Waals surface area contributed by atoms with Crippen LogP contribution in [0, 0.1) is 5.41 Å². The van der Waals surface area contributed by atoms with Crippen LogP contribution in [-0.4, -0.2) is 38.4 Å². The zero-order valence-corrected chi connectivity index (χ0v) is 11.2. The summed E-state index contributed by atoms with van der Waals surface area (Å²) in [6, 6.07) is 0.444. The number of carbonyl (C=O) groups is 1. The molecular formula is C13H23NO3. The number of rotatable bonds is 6. The second kappa shape index (κ2) is 6.17. The predicted octanol–water partition coefficient (Wildman–Crippen LogP) is 1.51. The second-order valence-electron chi connectivity index (χ2n) is 4.90. The van der Waals surface area contributed by atoms with Gasteiger partial charge in [-0.1, -0.05) is 19.9 Å². The molecule has 0 radical (unpaired) electrons. The lowest BCUT2D eigenvalue weighted by Crippen LogP contribution is -2.60. The van der Waals surface area contributed by atoms with Gasteiger partial charge >= 0.3 is 5.97 Å². The van der Waals surface area contributed by atoms with E-state index >= 15 is 0 Å². The minimum atomic E-state index is -0.281. The summed E-state index contributed by atoms with van der Waals surface area (Å²) in [7, 11) is 1.75. The summed E-state index contributed by atoms with van der Waals surface area (Å²) in [6.07, 6.45) is 4.62. The fourth-order valence-electron chi connectivity index (χ4n) is 2.19. The standard InChI is InChI=1S/C13H23NO3/c1-5-17-12(15)7-6-8-14-10-9-11(16-4)13(10,2)3/h6-7,10-11,14H,5,8-9H2,1-4H3/b7-6+. The maximum Gasteiger partial charge on any atom is 0.330 e. The lowest BCUT2D eigenvalue weighted by atomic mass is 9.64. The molecule has 0 aromatic heterocycles. The minimum Gasteiger partial charge on any atom is -0.463 e. The van der Waals surface area contributed by atoms with E-state index in [0.29, 0.717) is 25.3 Å². The van der Waals surface area contributed by atoms with Crippen molar-refractivity contribution in [3.8, 4) is 0 Å². The maximum absolute atomic E-state index is 11.0. The van der Waals surface area contributed by atoms with Crippen molar-refractivity contribution in [3.05, 3.63) is 12.2 Å². The molecule has 98 valence electrons. The van der Waals surface area contributed by atoms with E-state index in [-0.39, 0.29) is 11.4 Å². The summed E-state index contributed by atoms with van der Waals surface area (Å²) < 4.78 is 10.2. The van der Waals surface area contributed by atoms with Gasteiger partial charge in [-0.2, -0.15) is 0 Å². The summed E-state index contributed by atoms with van der Waals surface area (Å²) in [5.41, 5.74) is 0.159. The summed E-state index contributed by atoms with van der Waals surface area (Å²) >= 11 is 0. The van der Waals surface area contributed by atoms with Crippen molar-refractivity contribution in [2.45, 2.75) is 39.3 Å². The molecule has 1 aliphatic rings. The van der Waals surface area contributed by atoms with Crippen molar-refractivity contribution in [1.82, 2.24) is 5.32 Å². The molecule has 17 heavy (non-hydrogen) atoms. The van der Waals surface area contributed by atoms with Crippen LogP contribution in [0.15, 0.2) is 12.2 Å². The van der Waals surface area contributed by atoms with Crippen molar-refractivity contribution < 1.29 is 14.3 Å². The molecule has 0 bridgehead atoms. The van der Waals surface area contributed by atoms with Gasteiger partial charge in [0.2, 0.25) is 0 Å². The molecule has 2 unspecified atom stereocenters. The van der Waals surface area contributed by atoms with Gasteiger partial charge in [0.15, 0.2) is 0 Å². The van der Waals surface area contributed by atoms with E-state index in [0.717, 1.165) is 6.42 Å². The molecule has 0 aliphatic heterocycles.